The molecule has 3 aromatic heterocycles. The Morgan fingerprint density at radius 2 is 1.74 bits per heavy atom. The molecule has 3 heterocycles. The average molecular weight is 458 g/mol. The summed E-state index contributed by atoms with van der Waals surface area (Å²) >= 11 is 0. The van der Waals surface area contributed by atoms with Gasteiger partial charge in [0.25, 0.3) is 0 Å². The third kappa shape index (κ3) is 3.49. The van der Waals surface area contributed by atoms with Crippen LogP contribution >= 0.6 is 0 Å². The Balaban J connectivity index is 1.75. The quantitative estimate of drug-likeness (QED) is 0.357. The molecule has 172 valence electrons. The van der Waals surface area contributed by atoms with E-state index in [1.54, 1.807) is 29.6 Å². The largest absolute Gasteiger partial charge is 0.493 e. The van der Waals surface area contributed by atoms with Gasteiger partial charge < -0.3 is 14.2 Å². The molecule has 0 fully saturated rings. The van der Waals surface area contributed by atoms with Gasteiger partial charge in [-0.2, -0.15) is 14.7 Å². The van der Waals surface area contributed by atoms with Crippen molar-refractivity contribution in [2.24, 2.45) is 0 Å². The fraction of sp³-hybridized carbons (Fsp3) is 0.208. The van der Waals surface area contributed by atoms with Gasteiger partial charge in [0, 0.05) is 5.56 Å². The van der Waals surface area contributed by atoms with E-state index in [1.807, 2.05) is 49.4 Å². The van der Waals surface area contributed by atoms with E-state index >= 15 is 0 Å². The van der Waals surface area contributed by atoms with Gasteiger partial charge in [0.15, 0.2) is 28.3 Å². The lowest BCUT2D eigenvalue weighted by atomic mass is 10.1. The van der Waals surface area contributed by atoms with Crippen molar-refractivity contribution in [2.75, 3.05) is 21.3 Å². The van der Waals surface area contributed by atoms with Gasteiger partial charge in [0.2, 0.25) is 0 Å². The first kappa shape index (κ1) is 21.4. The molecule has 10 nitrogen and oxygen atoms in total. The summed E-state index contributed by atoms with van der Waals surface area (Å²) in [5, 5.41) is 18.1. The highest BCUT2D eigenvalue weighted by Crippen LogP contribution is 2.34. The molecule has 5 rings (SSSR count). The summed E-state index contributed by atoms with van der Waals surface area (Å²) in [7, 11) is 4.52. The Hall–Kier alpha value is -4.47. The normalized spacial score (nSPS) is 11.2. The van der Waals surface area contributed by atoms with Crippen molar-refractivity contribution >= 4 is 22.8 Å². The fourth-order valence-electron chi connectivity index (χ4n) is 3.83. The minimum atomic E-state index is -0.413. The molecule has 0 atom stereocenters. The van der Waals surface area contributed by atoms with Gasteiger partial charge in [0.05, 0.1) is 39.6 Å². The van der Waals surface area contributed by atoms with Crippen molar-refractivity contribution < 1.29 is 19.0 Å². The number of hydrogen-bond donors (Lipinski definition) is 0. The van der Waals surface area contributed by atoms with Gasteiger partial charge in [-0.3, -0.25) is 4.79 Å². The molecular formula is C24H22N6O4. The molecular weight excluding hydrogens is 436 g/mol. The lowest BCUT2D eigenvalue weighted by Crippen LogP contribution is -2.06. The standard InChI is InChI=1S/C24H22N6O4/c1-14-5-8-16(9-6-14)29-24-22(18(28-29)12-21(31)34-4)26-27-23-17(13-25-30(23)24)15-7-10-19(32-2)20(11-15)33-3/h5-11,13H,12H2,1-4H3. The molecule has 0 aliphatic heterocycles. The Bertz CT molecular complexity index is 1520. The van der Waals surface area contributed by atoms with Gasteiger partial charge in [-0.15, -0.1) is 10.2 Å². The molecule has 0 N–H and O–H groups in total. The number of aromatic nitrogens is 6. The van der Waals surface area contributed by atoms with Crippen LogP contribution in [0.1, 0.15) is 11.3 Å². The zero-order valence-electron chi connectivity index (χ0n) is 19.1. The highest BCUT2D eigenvalue weighted by Gasteiger charge is 2.22. The predicted molar refractivity (Wildman–Crippen MR) is 124 cm³/mol. The van der Waals surface area contributed by atoms with Crippen LogP contribution in [0.3, 0.4) is 0 Å². The van der Waals surface area contributed by atoms with Crippen LogP contribution in [0.5, 0.6) is 11.5 Å². The topological polar surface area (TPSA) is 106 Å². The van der Waals surface area contributed by atoms with Crippen molar-refractivity contribution in [3.8, 4) is 28.3 Å². The Labute approximate surface area is 194 Å². The molecule has 0 radical (unpaired) electrons. The Morgan fingerprint density at radius 1 is 0.971 bits per heavy atom. The number of hydrogen-bond acceptors (Lipinski definition) is 8. The lowest BCUT2D eigenvalue weighted by molar-refractivity contribution is -0.139. The van der Waals surface area contributed by atoms with Crippen LogP contribution in [0, 0.1) is 6.92 Å². The number of carbonyl (C=O) groups excluding carboxylic acids is 1. The van der Waals surface area contributed by atoms with Gasteiger partial charge in [-0.1, -0.05) is 23.8 Å². The number of benzene rings is 2. The highest BCUT2D eigenvalue weighted by atomic mass is 16.5. The van der Waals surface area contributed by atoms with E-state index in [2.05, 4.69) is 20.4 Å². The summed E-state index contributed by atoms with van der Waals surface area (Å²) in [5.74, 6) is 0.809. The van der Waals surface area contributed by atoms with Gasteiger partial charge in [-0.25, -0.2) is 4.68 Å². The van der Waals surface area contributed by atoms with Crippen LogP contribution in [0.2, 0.25) is 0 Å². The number of methoxy groups -OCH3 is 3. The van der Waals surface area contributed by atoms with E-state index in [-0.39, 0.29) is 6.42 Å². The molecule has 5 aromatic rings. The van der Waals surface area contributed by atoms with Crippen molar-refractivity contribution in [1.82, 2.24) is 29.6 Å². The second-order valence-electron chi connectivity index (χ2n) is 7.68. The summed E-state index contributed by atoms with van der Waals surface area (Å²) in [6.45, 7) is 2.01. The number of rotatable bonds is 6. The maximum absolute atomic E-state index is 12.0. The minimum absolute atomic E-state index is 0.0319. The summed E-state index contributed by atoms with van der Waals surface area (Å²) in [6.07, 6.45) is 1.69. The first-order valence-corrected chi connectivity index (χ1v) is 10.5. The Kier molecular flexibility index (Phi) is 5.33. The van der Waals surface area contributed by atoms with Crippen LogP contribution in [0.15, 0.2) is 48.7 Å². The van der Waals surface area contributed by atoms with Crippen LogP contribution in [0.4, 0.5) is 0 Å². The van der Waals surface area contributed by atoms with E-state index in [4.69, 9.17) is 14.2 Å². The van der Waals surface area contributed by atoms with E-state index in [0.29, 0.717) is 34.0 Å². The molecule has 0 aliphatic rings. The minimum Gasteiger partial charge on any atom is -0.493 e. The number of aryl methyl sites for hydroxylation is 1. The lowest BCUT2D eigenvalue weighted by Gasteiger charge is -2.09. The molecule has 0 saturated heterocycles. The Morgan fingerprint density at radius 3 is 2.44 bits per heavy atom. The fourth-order valence-corrected chi connectivity index (χ4v) is 3.83. The van der Waals surface area contributed by atoms with Gasteiger partial charge in [0.1, 0.15) is 5.69 Å². The van der Waals surface area contributed by atoms with Crippen LogP contribution in [0.25, 0.3) is 33.6 Å². The maximum atomic E-state index is 12.0. The first-order chi connectivity index (χ1) is 16.5. The third-order valence-electron chi connectivity index (χ3n) is 5.61. The molecule has 0 aliphatic carbocycles. The van der Waals surface area contributed by atoms with E-state index in [0.717, 1.165) is 22.4 Å². The monoisotopic (exact) mass is 458 g/mol. The molecule has 0 amide bonds. The maximum Gasteiger partial charge on any atom is 0.311 e. The van der Waals surface area contributed by atoms with E-state index in [1.165, 1.54) is 7.11 Å². The number of esters is 1. The van der Waals surface area contributed by atoms with Crippen LogP contribution < -0.4 is 9.47 Å². The second-order valence-corrected chi connectivity index (χ2v) is 7.68. The van der Waals surface area contributed by atoms with Gasteiger partial charge in [-0.05, 0) is 36.8 Å². The van der Waals surface area contributed by atoms with Crippen LogP contribution in [-0.4, -0.2) is 56.9 Å². The van der Waals surface area contributed by atoms with Crippen molar-refractivity contribution in [1.29, 1.82) is 0 Å². The smallest absolute Gasteiger partial charge is 0.311 e. The van der Waals surface area contributed by atoms with Crippen LogP contribution in [-0.2, 0) is 16.0 Å². The van der Waals surface area contributed by atoms with Crippen molar-refractivity contribution in [3.05, 3.63) is 59.9 Å². The molecule has 0 bridgehead atoms. The predicted octanol–water partition coefficient (Wildman–Crippen LogP) is 3.17. The molecule has 0 unspecified atom stereocenters. The number of ether oxygens (including phenoxy) is 3. The number of carbonyl (C=O) groups is 1. The summed E-state index contributed by atoms with van der Waals surface area (Å²) in [4.78, 5) is 12.0. The highest BCUT2D eigenvalue weighted by molar-refractivity contribution is 5.86. The summed E-state index contributed by atoms with van der Waals surface area (Å²) in [5.41, 5.74) is 5.61. The first-order valence-electron chi connectivity index (χ1n) is 10.5. The van der Waals surface area contributed by atoms with Crippen molar-refractivity contribution in [3.63, 3.8) is 0 Å². The zero-order valence-corrected chi connectivity index (χ0v) is 19.1. The summed E-state index contributed by atoms with van der Waals surface area (Å²) in [6, 6.07) is 13.5. The SMILES string of the molecule is COC(=O)Cc1nn(-c2ccc(C)cc2)c2c1nnc1c(-c3ccc(OC)c(OC)c3)cnn12. The van der Waals surface area contributed by atoms with E-state index < -0.39 is 5.97 Å². The average Bonchev–Trinajstić information content (AvgIpc) is 3.45. The zero-order chi connectivity index (χ0) is 23.8. The van der Waals surface area contributed by atoms with Crippen molar-refractivity contribution in [2.45, 2.75) is 13.3 Å². The summed E-state index contributed by atoms with van der Waals surface area (Å²) < 4.78 is 19.0. The third-order valence-corrected chi connectivity index (χ3v) is 5.61. The molecule has 10 heteroatoms. The van der Waals surface area contributed by atoms with Gasteiger partial charge >= 0.3 is 5.97 Å². The second kappa shape index (κ2) is 8.47. The molecule has 34 heavy (non-hydrogen) atoms. The molecule has 0 saturated carbocycles. The van der Waals surface area contributed by atoms with E-state index in [9.17, 15) is 4.79 Å². The molecule has 0 spiro atoms. The number of nitrogens with zero attached hydrogens (tertiary/aromatic N) is 6. The number of fused-ring (bicyclic) bond motifs is 3. The molecule has 2 aromatic carbocycles.